The van der Waals surface area contributed by atoms with E-state index in [-0.39, 0.29) is 23.9 Å². The minimum atomic E-state index is -0.329. The number of rotatable bonds is 5. The summed E-state index contributed by atoms with van der Waals surface area (Å²) in [5, 5.41) is 3.82. The molecule has 0 aromatic heterocycles. The monoisotopic (exact) mass is 372 g/mol. The van der Waals surface area contributed by atoms with E-state index < -0.39 is 0 Å². The maximum atomic E-state index is 12.9. The molecule has 0 bridgehead atoms. The van der Waals surface area contributed by atoms with Gasteiger partial charge in [0, 0.05) is 17.0 Å². The molecule has 3 rings (SSSR count). The number of methoxy groups -OCH3 is 1. The first-order valence-corrected chi connectivity index (χ1v) is 9.40. The number of halogens is 1. The van der Waals surface area contributed by atoms with Crippen molar-refractivity contribution in [3.05, 3.63) is 64.7 Å². The Bertz CT molecular complexity index is 765. The highest BCUT2D eigenvalue weighted by atomic mass is 35.5. The standard InChI is InChI=1S/C21H25ClN2O2/c1-26-17-9-5-6-14(13-17)20(18-10-2-3-11-19(18)22)24-21(25)15-7-4-8-16(23)12-15/h2-3,5-6,9-11,13,15-16,20H,4,7-8,12,23H2,1H3,(H,24,25). The van der Waals surface area contributed by atoms with E-state index in [1.54, 1.807) is 7.11 Å². The van der Waals surface area contributed by atoms with Crippen molar-refractivity contribution in [2.24, 2.45) is 11.7 Å². The summed E-state index contributed by atoms with van der Waals surface area (Å²) in [7, 11) is 1.63. The molecule has 5 heteroatoms. The molecule has 2 aromatic rings. The third kappa shape index (κ3) is 4.37. The van der Waals surface area contributed by atoms with Crippen LogP contribution < -0.4 is 15.8 Å². The average molecular weight is 373 g/mol. The Morgan fingerprint density at radius 3 is 2.77 bits per heavy atom. The normalized spacial score (nSPS) is 21.0. The molecule has 1 amide bonds. The SMILES string of the molecule is COc1cccc(C(NC(=O)C2CCCC(N)C2)c2ccccc2Cl)c1. The molecular weight excluding hydrogens is 348 g/mol. The van der Waals surface area contributed by atoms with Crippen LogP contribution in [0.15, 0.2) is 48.5 Å². The van der Waals surface area contributed by atoms with Gasteiger partial charge in [0.25, 0.3) is 0 Å². The topological polar surface area (TPSA) is 64.3 Å². The van der Waals surface area contributed by atoms with Crippen molar-refractivity contribution in [2.75, 3.05) is 7.11 Å². The van der Waals surface area contributed by atoms with Gasteiger partial charge in [0.05, 0.1) is 13.2 Å². The summed E-state index contributed by atoms with van der Waals surface area (Å²) >= 11 is 6.43. The fraction of sp³-hybridized carbons (Fsp3) is 0.381. The third-order valence-electron chi connectivity index (χ3n) is 5.02. The van der Waals surface area contributed by atoms with E-state index in [9.17, 15) is 4.79 Å². The summed E-state index contributed by atoms with van der Waals surface area (Å²) in [4.78, 5) is 12.9. The van der Waals surface area contributed by atoms with Crippen LogP contribution in [0.25, 0.3) is 0 Å². The van der Waals surface area contributed by atoms with Gasteiger partial charge < -0.3 is 15.8 Å². The minimum Gasteiger partial charge on any atom is -0.497 e. The molecule has 4 nitrogen and oxygen atoms in total. The van der Waals surface area contributed by atoms with Gasteiger partial charge >= 0.3 is 0 Å². The molecule has 0 radical (unpaired) electrons. The highest BCUT2D eigenvalue weighted by molar-refractivity contribution is 6.31. The van der Waals surface area contributed by atoms with Crippen molar-refractivity contribution in [3.63, 3.8) is 0 Å². The first-order chi connectivity index (χ1) is 12.6. The summed E-state index contributed by atoms with van der Waals surface area (Å²) in [6.07, 6.45) is 3.61. The van der Waals surface area contributed by atoms with E-state index in [2.05, 4.69) is 5.32 Å². The number of hydrogen-bond donors (Lipinski definition) is 2. The highest BCUT2D eigenvalue weighted by Gasteiger charge is 2.28. The largest absolute Gasteiger partial charge is 0.497 e. The van der Waals surface area contributed by atoms with Crippen LogP contribution in [0.2, 0.25) is 5.02 Å². The molecule has 138 valence electrons. The fourth-order valence-electron chi connectivity index (χ4n) is 3.60. The molecule has 0 saturated heterocycles. The van der Waals surface area contributed by atoms with Crippen LogP contribution in [0, 0.1) is 5.92 Å². The Balaban J connectivity index is 1.90. The molecule has 0 aliphatic heterocycles. The van der Waals surface area contributed by atoms with Crippen molar-refractivity contribution < 1.29 is 9.53 Å². The van der Waals surface area contributed by atoms with Crippen molar-refractivity contribution in [2.45, 2.75) is 37.8 Å². The first kappa shape index (κ1) is 18.7. The van der Waals surface area contributed by atoms with Gasteiger partial charge in [-0.3, -0.25) is 4.79 Å². The van der Waals surface area contributed by atoms with Gasteiger partial charge in [0.15, 0.2) is 0 Å². The van der Waals surface area contributed by atoms with Crippen molar-refractivity contribution in [1.29, 1.82) is 0 Å². The van der Waals surface area contributed by atoms with Crippen LogP contribution in [0.4, 0.5) is 0 Å². The quantitative estimate of drug-likeness (QED) is 0.831. The molecule has 2 aromatic carbocycles. The smallest absolute Gasteiger partial charge is 0.223 e. The Hall–Kier alpha value is -2.04. The van der Waals surface area contributed by atoms with E-state index in [0.717, 1.165) is 42.6 Å². The highest BCUT2D eigenvalue weighted by Crippen LogP contribution is 2.31. The van der Waals surface area contributed by atoms with Crippen molar-refractivity contribution in [1.82, 2.24) is 5.32 Å². The lowest BCUT2D eigenvalue weighted by molar-refractivity contribution is -0.126. The Morgan fingerprint density at radius 2 is 2.04 bits per heavy atom. The molecule has 1 aliphatic carbocycles. The number of nitrogens with two attached hydrogens (primary N) is 1. The third-order valence-corrected chi connectivity index (χ3v) is 5.36. The average Bonchev–Trinajstić information content (AvgIpc) is 2.66. The maximum Gasteiger partial charge on any atom is 0.223 e. The van der Waals surface area contributed by atoms with Gasteiger partial charge in [-0.1, -0.05) is 48.4 Å². The van der Waals surface area contributed by atoms with E-state index in [4.69, 9.17) is 22.1 Å². The molecule has 1 fully saturated rings. The second-order valence-corrected chi connectivity index (χ2v) is 7.27. The molecule has 0 spiro atoms. The second-order valence-electron chi connectivity index (χ2n) is 6.86. The van der Waals surface area contributed by atoms with Crippen LogP contribution in [0.3, 0.4) is 0 Å². The number of benzene rings is 2. The molecule has 3 N–H and O–H groups in total. The number of amides is 1. The van der Waals surface area contributed by atoms with E-state index in [1.807, 2.05) is 48.5 Å². The zero-order valence-corrected chi connectivity index (χ0v) is 15.7. The number of ether oxygens (including phenoxy) is 1. The lowest BCUT2D eigenvalue weighted by Crippen LogP contribution is -2.39. The predicted octanol–water partition coefficient (Wildman–Crippen LogP) is 4.07. The van der Waals surface area contributed by atoms with Crippen LogP contribution in [-0.2, 0) is 4.79 Å². The summed E-state index contributed by atoms with van der Waals surface area (Å²) in [5.74, 6) is 0.732. The molecular formula is C21H25ClN2O2. The summed E-state index contributed by atoms with van der Waals surface area (Å²) in [6.45, 7) is 0. The van der Waals surface area contributed by atoms with Crippen LogP contribution in [0.1, 0.15) is 42.9 Å². The Kier molecular flexibility index (Phi) is 6.17. The van der Waals surface area contributed by atoms with Gasteiger partial charge in [-0.15, -0.1) is 0 Å². The molecule has 26 heavy (non-hydrogen) atoms. The fourth-order valence-corrected chi connectivity index (χ4v) is 3.84. The van der Waals surface area contributed by atoms with E-state index >= 15 is 0 Å². The van der Waals surface area contributed by atoms with Crippen LogP contribution in [0.5, 0.6) is 5.75 Å². The molecule has 0 heterocycles. The van der Waals surface area contributed by atoms with Crippen molar-refractivity contribution >= 4 is 17.5 Å². The summed E-state index contributed by atoms with van der Waals surface area (Å²) in [5.41, 5.74) is 7.87. The number of nitrogens with one attached hydrogen (secondary N) is 1. The van der Waals surface area contributed by atoms with E-state index in [0.29, 0.717) is 5.02 Å². The summed E-state index contributed by atoms with van der Waals surface area (Å²) < 4.78 is 5.34. The van der Waals surface area contributed by atoms with Crippen molar-refractivity contribution in [3.8, 4) is 5.75 Å². The number of carbonyl (C=O) groups is 1. The Labute approximate surface area is 159 Å². The van der Waals surface area contributed by atoms with Gasteiger partial charge in [-0.2, -0.15) is 0 Å². The number of carbonyl (C=O) groups excluding carboxylic acids is 1. The lowest BCUT2D eigenvalue weighted by Gasteiger charge is -2.28. The van der Waals surface area contributed by atoms with E-state index in [1.165, 1.54) is 0 Å². The zero-order chi connectivity index (χ0) is 18.5. The van der Waals surface area contributed by atoms with Crippen LogP contribution in [-0.4, -0.2) is 19.1 Å². The minimum absolute atomic E-state index is 0.0351. The second kappa shape index (κ2) is 8.56. The molecule has 1 aliphatic rings. The number of hydrogen-bond acceptors (Lipinski definition) is 3. The van der Waals surface area contributed by atoms with Gasteiger partial charge in [0.2, 0.25) is 5.91 Å². The van der Waals surface area contributed by atoms with Gasteiger partial charge in [-0.05, 0) is 48.6 Å². The Morgan fingerprint density at radius 1 is 1.23 bits per heavy atom. The molecule has 3 atom stereocenters. The van der Waals surface area contributed by atoms with Crippen LogP contribution >= 0.6 is 11.6 Å². The van der Waals surface area contributed by atoms with Gasteiger partial charge in [-0.25, -0.2) is 0 Å². The maximum absolute atomic E-state index is 12.9. The zero-order valence-electron chi connectivity index (χ0n) is 15.0. The molecule has 1 saturated carbocycles. The lowest BCUT2D eigenvalue weighted by atomic mass is 9.85. The molecule has 3 unspecified atom stereocenters. The first-order valence-electron chi connectivity index (χ1n) is 9.03. The summed E-state index contributed by atoms with van der Waals surface area (Å²) in [6, 6.07) is 15.1. The van der Waals surface area contributed by atoms with Gasteiger partial charge in [0.1, 0.15) is 5.75 Å². The predicted molar refractivity (Wildman–Crippen MR) is 104 cm³/mol.